The summed E-state index contributed by atoms with van der Waals surface area (Å²) in [6, 6.07) is 0.171. The molecule has 1 aromatic heterocycles. The first-order valence-corrected chi connectivity index (χ1v) is 9.79. The number of rotatable bonds is 8. The molecule has 0 amide bonds. The molecule has 1 atom stereocenters. The maximum atomic E-state index is 11.4. The van der Waals surface area contributed by atoms with Crippen LogP contribution in [0, 0.1) is 13.8 Å². The molecular weight excluding hydrogens is 455 g/mol. The van der Waals surface area contributed by atoms with Crippen LogP contribution in [0.25, 0.3) is 0 Å². The van der Waals surface area contributed by atoms with E-state index in [9.17, 15) is 8.42 Å². The predicted octanol–water partition coefficient (Wildman–Crippen LogP) is 0.690. The van der Waals surface area contributed by atoms with Gasteiger partial charge in [-0.15, -0.1) is 24.0 Å². The highest BCUT2D eigenvalue weighted by atomic mass is 127. The summed E-state index contributed by atoms with van der Waals surface area (Å²) in [6.45, 7) is 8.57. The van der Waals surface area contributed by atoms with E-state index < -0.39 is 10.0 Å². The van der Waals surface area contributed by atoms with Crippen LogP contribution < -0.4 is 15.4 Å². The van der Waals surface area contributed by atoms with Crippen LogP contribution in [0.15, 0.2) is 4.99 Å². The number of guanidine groups is 1. The molecule has 1 rings (SSSR count). The van der Waals surface area contributed by atoms with Crippen molar-refractivity contribution in [2.24, 2.45) is 12.0 Å². The maximum Gasteiger partial charge on any atom is 0.211 e. The van der Waals surface area contributed by atoms with Crippen LogP contribution >= 0.6 is 24.0 Å². The van der Waals surface area contributed by atoms with Crippen LogP contribution in [0.5, 0.6) is 0 Å². The molecule has 3 N–H and O–H groups in total. The first-order valence-electron chi connectivity index (χ1n) is 8.13. The zero-order valence-electron chi connectivity index (χ0n) is 15.9. The summed E-state index contributed by atoms with van der Waals surface area (Å²) in [6.07, 6.45) is 0.842. The summed E-state index contributed by atoms with van der Waals surface area (Å²) >= 11 is 0. The van der Waals surface area contributed by atoms with Gasteiger partial charge in [0.05, 0.1) is 11.4 Å². The molecule has 1 unspecified atom stereocenters. The lowest BCUT2D eigenvalue weighted by molar-refractivity contribution is 0.580. The van der Waals surface area contributed by atoms with Crippen molar-refractivity contribution in [1.29, 1.82) is 0 Å². The van der Waals surface area contributed by atoms with Crippen molar-refractivity contribution in [1.82, 2.24) is 25.1 Å². The van der Waals surface area contributed by atoms with E-state index in [-0.39, 0.29) is 35.8 Å². The molecular formula is C15H31IN6O2S. The number of aryl methyl sites for hydroxylation is 2. The largest absolute Gasteiger partial charge is 0.355 e. The van der Waals surface area contributed by atoms with Crippen LogP contribution in [0.1, 0.15) is 30.8 Å². The Kier molecular flexibility index (Phi) is 10.6. The van der Waals surface area contributed by atoms with Gasteiger partial charge < -0.3 is 10.6 Å². The maximum absolute atomic E-state index is 11.4. The zero-order chi connectivity index (χ0) is 18.3. The fourth-order valence-electron chi connectivity index (χ4n) is 2.39. The lowest BCUT2D eigenvalue weighted by Gasteiger charge is -2.18. The molecule has 25 heavy (non-hydrogen) atoms. The Bertz CT molecular complexity index is 672. The molecule has 1 aromatic rings. The highest BCUT2D eigenvalue weighted by Gasteiger charge is 2.14. The van der Waals surface area contributed by atoms with Gasteiger partial charge in [0.25, 0.3) is 0 Å². The van der Waals surface area contributed by atoms with Gasteiger partial charge in [0, 0.05) is 38.9 Å². The number of aromatic nitrogens is 2. The van der Waals surface area contributed by atoms with Gasteiger partial charge in [-0.25, -0.2) is 13.1 Å². The van der Waals surface area contributed by atoms with Crippen LogP contribution in [-0.4, -0.2) is 56.1 Å². The summed E-state index contributed by atoms with van der Waals surface area (Å²) in [5, 5.41) is 10.9. The standard InChI is InChI=1S/C15H30N6O2S.HI/c1-7-24(22,23)18-9-8-17-15(16-5)19-11(2)10-14-12(3)20-21(6)13(14)4;/h11,18H,7-10H2,1-6H3,(H2,16,17,19);1H. The average molecular weight is 486 g/mol. The molecule has 0 radical (unpaired) electrons. The molecule has 0 saturated heterocycles. The topological polar surface area (TPSA) is 100 Å². The third kappa shape index (κ3) is 7.90. The minimum Gasteiger partial charge on any atom is -0.355 e. The van der Waals surface area contributed by atoms with Crippen molar-refractivity contribution in [3.8, 4) is 0 Å². The summed E-state index contributed by atoms with van der Waals surface area (Å²) in [7, 11) is 0.485. The fraction of sp³-hybridized carbons (Fsp3) is 0.733. The third-order valence-electron chi connectivity index (χ3n) is 3.90. The Morgan fingerprint density at radius 2 is 1.96 bits per heavy atom. The number of hydrogen-bond donors (Lipinski definition) is 3. The lowest BCUT2D eigenvalue weighted by Crippen LogP contribution is -2.45. The Balaban J connectivity index is 0.00000576. The molecule has 146 valence electrons. The normalized spacial score (nSPS) is 13.3. The van der Waals surface area contributed by atoms with Gasteiger partial charge >= 0.3 is 0 Å². The second-order valence-electron chi connectivity index (χ2n) is 5.82. The van der Waals surface area contributed by atoms with Crippen LogP contribution in [0.2, 0.25) is 0 Å². The van der Waals surface area contributed by atoms with Crippen molar-refractivity contribution in [3.63, 3.8) is 0 Å². The van der Waals surface area contributed by atoms with Gasteiger partial charge in [-0.2, -0.15) is 5.10 Å². The molecule has 10 heteroatoms. The van der Waals surface area contributed by atoms with E-state index in [1.165, 1.54) is 5.56 Å². The Labute approximate surface area is 168 Å². The number of nitrogens with zero attached hydrogens (tertiary/aromatic N) is 3. The molecule has 0 fully saturated rings. The summed E-state index contributed by atoms with van der Waals surface area (Å²) < 4.78 is 27.1. The molecule has 0 saturated carbocycles. The zero-order valence-corrected chi connectivity index (χ0v) is 19.0. The average Bonchev–Trinajstić information content (AvgIpc) is 2.76. The van der Waals surface area contributed by atoms with Gasteiger partial charge in [0.15, 0.2) is 5.96 Å². The first-order chi connectivity index (χ1) is 11.2. The quantitative estimate of drug-likeness (QED) is 0.217. The number of hydrogen-bond acceptors (Lipinski definition) is 4. The van der Waals surface area contributed by atoms with E-state index in [2.05, 4.69) is 39.3 Å². The van der Waals surface area contributed by atoms with Gasteiger partial charge in [0.1, 0.15) is 0 Å². The summed E-state index contributed by atoms with van der Waals surface area (Å²) in [5.41, 5.74) is 3.45. The highest BCUT2D eigenvalue weighted by Crippen LogP contribution is 2.13. The van der Waals surface area contributed by atoms with Gasteiger partial charge in [-0.05, 0) is 39.7 Å². The fourth-order valence-corrected chi connectivity index (χ4v) is 3.00. The molecule has 1 heterocycles. The molecule has 0 aliphatic carbocycles. The Morgan fingerprint density at radius 3 is 2.44 bits per heavy atom. The molecule has 0 aromatic carbocycles. The van der Waals surface area contributed by atoms with Crippen LogP contribution in [-0.2, 0) is 23.5 Å². The summed E-state index contributed by atoms with van der Waals surface area (Å²) in [4.78, 5) is 4.17. The number of halogens is 1. The number of aliphatic imine (C=N–C) groups is 1. The Morgan fingerprint density at radius 1 is 1.32 bits per heavy atom. The first kappa shape index (κ1) is 24.1. The minimum atomic E-state index is -3.15. The molecule has 0 bridgehead atoms. The number of nitrogens with one attached hydrogen (secondary N) is 3. The van der Waals surface area contributed by atoms with E-state index in [1.807, 2.05) is 18.7 Å². The predicted molar refractivity (Wildman–Crippen MR) is 113 cm³/mol. The van der Waals surface area contributed by atoms with Gasteiger partial charge in [0.2, 0.25) is 10.0 Å². The van der Waals surface area contributed by atoms with Crippen LogP contribution in [0.3, 0.4) is 0 Å². The molecule has 8 nitrogen and oxygen atoms in total. The van der Waals surface area contributed by atoms with Crippen molar-refractivity contribution >= 4 is 40.0 Å². The van der Waals surface area contributed by atoms with E-state index >= 15 is 0 Å². The van der Waals surface area contributed by atoms with Gasteiger partial charge in [-0.3, -0.25) is 9.67 Å². The van der Waals surface area contributed by atoms with E-state index in [4.69, 9.17) is 0 Å². The summed E-state index contributed by atoms with van der Waals surface area (Å²) in [5.74, 6) is 0.735. The van der Waals surface area contributed by atoms with E-state index in [0.29, 0.717) is 19.0 Å². The van der Waals surface area contributed by atoms with Crippen molar-refractivity contribution in [3.05, 3.63) is 17.0 Å². The third-order valence-corrected chi connectivity index (χ3v) is 5.30. The molecule has 0 aliphatic heterocycles. The van der Waals surface area contributed by atoms with Crippen molar-refractivity contribution in [2.45, 2.75) is 40.2 Å². The van der Waals surface area contributed by atoms with Crippen LogP contribution in [0.4, 0.5) is 0 Å². The monoisotopic (exact) mass is 486 g/mol. The lowest BCUT2D eigenvalue weighted by atomic mass is 10.1. The second kappa shape index (κ2) is 11.0. The van der Waals surface area contributed by atoms with Gasteiger partial charge in [-0.1, -0.05) is 0 Å². The van der Waals surface area contributed by atoms with E-state index in [0.717, 1.165) is 17.8 Å². The Hall–Kier alpha value is -0.880. The highest BCUT2D eigenvalue weighted by molar-refractivity contribution is 14.0. The minimum absolute atomic E-state index is 0. The van der Waals surface area contributed by atoms with Crippen molar-refractivity contribution in [2.75, 3.05) is 25.9 Å². The van der Waals surface area contributed by atoms with E-state index in [1.54, 1.807) is 14.0 Å². The smallest absolute Gasteiger partial charge is 0.211 e. The SMILES string of the molecule is CCS(=O)(=O)NCCNC(=NC)NC(C)Cc1c(C)nn(C)c1C.I. The molecule has 0 aliphatic rings. The molecule has 0 spiro atoms. The number of sulfonamides is 1. The van der Waals surface area contributed by atoms with Crippen molar-refractivity contribution < 1.29 is 8.42 Å². The second-order valence-corrected chi connectivity index (χ2v) is 7.91.